The monoisotopic (exact) mass is 336 g/mol. The highest BCUT2D eigenvalue weighted by molar-refractivity contribution is 9.10. The van der Waals surface area contributed by atoms with Gasteiger partial charge in [-0.3, -0.25) is 0 Å². The van der Waals surface area contributed by atoms with Gasteiger partial charge in [-0.2, -0.15) is 0 Å². The number of hydrogen-bond donors (Lipinski definition) is 1. The van der Waals surface area contributed by atoms with Gasteiger partial charge in [-0.05, 0) is 42.8 Å². The first-order chi connectivity index (χ1) is 9.11. The molecule has 0 saturated carbocycles. The molecule has 0 radical (unpaired) electrons. The van der Waals surface area contributed by atoms with Crippen LogP contribution >= 0.6 is 27.3 Å². The van der Waals surface area contributed by atoms with E-state index < -0.39 is 0 Å². The zero-order valence-corrected chi connectivity index (χ0v) is 12.5. The van der Waals surface area contributed by atoms with Crippen LogP contribution in [-0.2, 0) is 0 Å². The van der Waals surface area contributed by atoms with Crippen molar-refractivity contribution < 1.29 is 4.39 Å². The van der Waals surface area contributed by atoms with Crippen molar-refractivity contribution >= 4 is 48.3 Å². The quantitative estimate of drug-likeness (QED) is 0.691. The number of benzene rings is 2. The second-order valence-corrected chi connectivity index (χ2v) is 6.16. The second-order valence-electron chi connectivity index (χ2n) is 4.22. The van der Waals surface area contributed by atoms with E-state index in [1.54, 1.807) is 6.07 Å². The number of halogens is 2. The van der Waals surface area contributed by atoms with Crippen molar-refractivity contribution in [2.24, 2.45) is 0 Å². The lowest BCUT2D eigenvalue weighted by Crippen LogP contribution is -1.91. The third-order valence-corrected chi connectivity index (χ3v) is 4.22. The summed E-state index contributed by atoms with van der Waals surface area (Å²) in [6, 6.07) is 10.7. The van der Waals surface area contributed by atoms with E-state index in [0.29, 0.717) is 5.52 Å². The Bertz CT molecular complexity index is 754. The number of nitrogens with one attached hydrogen (secondary N) is 1. The minimum absolute atomic E-state index is 0.260. The van der Waals surface area contributed by atoms with Gasteiger partial charge in [-0.15, -0.1) is 0 Å². The average molecular weight is 337 g/mol. The average Bonchev–Trinajstić information content (AvgIpc) is 2.74. The van der Waals surface area contributed by atoms with Gasteiger partial charge >= 0.3 is 0 Å². The van der Waals surface area contributed by atoms with Crippen LogP contribution in [0.2, 0.25) is 0 Å². The number of thiazole rings is 1. The highest BCUT2D eigenvalue weighted by Crippen LogP contribution is 2.30. The van der Waals surface area contributed by atoms with E-state index in [0.717, 1.165) is 25.6 Å². The molecule has 0 spiro atoms. The predicted molar refractivity (Wildman–Crippen MR) is 81.7 cm³/mol. The molecule has 3 aromatic rings. The Balaban J connectivity index is 1.96. The first-order valence-corrected chi connectivity index (χ1v) is 7.32. The number of aromatic nitrogens is 1. The highest BCUT2D eigenvalue weighted by atomic mass is 79.9. The molecular weight excluding hydrogens is 327 g/mol. The van der Waals surface area contributed by atoms with E-state index in [9.17, 15) is 4.39 Å². The summed E-state index contributed by atoms with van der Waals surface area (Å²) in [4.78, 5) is 4.39. The summed E-state index contributed by atoms with van der Waals surface area (Å²) in [5.41, 5.74) is 2.81. The maximum atomic E-state index is 13.1. The van der Waals surface area contributed by atoms with Crippen molar-refractivity contribution in [3.63, 3.8) is 0 Å². The van der Waals surface area contributed by atoms with Gasteiger partial charge in [0.1, 0.15) is 5.82 Å². The second kappa shape index (κ2) is 4.90. The van der Waals surface area contributed by atoms with Crippen molar-refractivity contribution in [3.8, 4) is 0 Å². The molecule has 5 heteroatoms. The topological polar surface area (TPSA) is 24.9 Å². The Morgan fingerprint density at radius 2 is 2.05 bits per heavy atom. The largest absolute Gasteiger partial charge is 0.331 e. The van der Waals surface area contributed by atoms with Gasteiger partial charge in [0.2, 0.25) is 0 Å². The first-order valence-electron chi connectivity index (χ1n) is 5.71. The molecule has 1 N–H and O–H groups in total. The molecule has 0 fully saturated rings. The Morgan fingerprint density at radius 3 is 2.84 bits per heavy atom. The molecule has 0 aliphatic heterocycles. The highest BCUT2D eigenvalue weighted by Gasteiger charge is 2.06. The van der Waals surface area contributed by atoms with Crippen molar-refractivity contribution in [3.05, 3.63) is 52.3 Å². The maximum absolute atomic E-state index is 13.1. The molecule has 0 bridgehead atoms. The molecule has 1 heterocycles. The van der Waals surface area contributed by atoms with Crippen LogP contribution in [0.5, 0.6) is 0 Å². The van der Waals surface area contributed by atoms with E-state index in [1.807, 2.05) is 25.1 Å². The summed E-state index contributed by atoms with van der Waals surface area (Å²) >= 11 is 4.95. The maximum Gasteiger partial charge on any atom is 0.188 e. The molecule has 96 valence electrons. The van der Waals surface area contributed by atoms with Crippen LogP contribution in [-0.4, -0.2) is 4.98 Å². The molecule has 0 amide bonds. The fourth-order valence-electron chi connectivity index (χ4n) is 1.84. The molecule has 0 unspecified atom stereocenters. The summed E-state index contributed by atoms with van der Waals surface area (Å²) in [5, 5.41) is 4.04. The lowest BCUT2D eigenvalue weighted by Gasteiger charge is -2.06. The van der Waals surface area contributed by atoms with Crippen LogP contribution in [0.15, 0.2) is 40.9 Å². The van der Waals surface area contributed by atoms with Crippen LogP contribution in [0.4, 0.5) is 15.2 Å². The van der Waals surface area contributed by atoms with Gasteiger partial charge in [0.15, 0.2) is 5.13 Å². The van der Waals surface area contributed by atoms with E-state index >= 15 is 0 Å². The van der Waals surface area contributed by atoms with Crippen LogP contribution in [0.3, 0.4) is 0 Å². The standard InChI is InChI=1S/C14H10BrFN2S/c1-8-6-9(15)2-4-11(8)17-14-18-12-7-10(16)3-5-13(12)19-14/h2-7H,1H3,(H,17,18). The summed E-state index contributed by atoms with van der Waals surface area (Å²) in [6.07, 6.45) is 0. The molecule has 0 aliphatic carbocycles. The zero-order chi connectivity index (χ0) is 13.4. The third kappa shape index (κ3) is 2.62. The molecular formula is C14H10BrFN2S. The number of fused-ring (bicyclic) bond motifs is 1. The number of nitrogens with zero attached hydrogens (tertiary/aromatic N) is 1. The Morgan fingerprint density at radius 1 is 1.21 bits per heavy atom. The molecule has 3 rings (SSSR count). The van der Waals surface area contributed by atoms with E-state index in [4.69, 9.17) is 0 Å². The van der Waals surface area contributed by atoms with Gasteiger partial charge in [0.25, 0.3) is 0 Å². The van der Waals surface area contributed by atoms with Crippen LogP contribution in [0.1, 0.15) is 5.56 Å². The van der Waals surface area contributed by atoms with Gasteiger partial charge < -0.3 is 5.32 Å². The Labute approximate surface area is 122 Å². The summed E-state index contributed by atoms with van der Waals surface area (Å²) < 4.78 is 15.1. The molecule has 0 atom stereocenters. The third-order valence-electron chi connectivity index (χ3n) is 2.78. The minimum Gasteiger partial charge on any atom is -0.331 e. The first kappa shape index (κ1) is 12.6. The van der Waals surface area contributed by atoms with Gasteiger partial charge in [-0.25, -0.2) is 9.37 Å². The fraction of sp³-hybridized carbons (Fsp3) is 0.0714. The summed E-state index contributed by atoms with van der Waals surface area (Å²) in [6.45, 7) is 2.03. The van der Waals surface area contributed by atoms with Gasteiger partial charge in [0, 0.05) is 16.2 Å². The number of aryl methyl sites for hydroxylation is 1. The normalized spacial score (nSPS) is 10.9. The van der Waals surface area contributed by atoms with Crippen LogP contribution in [0.25, 0.3) is 10.2 Å². The minimum atomic E-state index is -0.260. The number of hydrogen-bond acceptors (Lipinski definition) is 3. The summed E-state index contributed by atoms with van der Waals surface area (Å²) in [7, 11) is 0. The SMILES string of the molecule is Cc1cc(Br)ccc1Nc1nc2cc(F)ccc2s1. The number of anilines is 2. The van der Waals surface area contributed by atoms with Crippen molar-refractivity contribution in [2.75, 3.05) is 5.32 Å². The Hall–Kier alpha value is -1.46. The van der Waals surface area contributed by atoms with Crippen molar-refractivity contribution in [1.82, 2.24) is 4.98 Å². The zero-order valence-electron chi connectivity index (χ0n) is 10.1. The van der Waals surface area contributed by atoms with E-state index in [-0.39, 0.29) is 5.82 Å². The van der Waals surface area contributed by atoms with Crippen molar-refractivity contribution in [1.29, 1.82) is 0 Å². The van der Waals surface area contributed by atoms with E-state index in [1.165, 1.54) is 23.5 Å². The van der Waals surface area contributed by atoms with Crippen LogP contribution < -0.4 is 5.32 Å². The fourth-order valence-corrected chi connectivity index (χ4v) is 3.17. The molecule has 2 aromatic carbocycles. The van der Waals surface area contributed by atoms with Crippen molar-refractivity contribution in [2.45, 2.75) is 6.92 Å². The lowest BCUT2D eigenvalue weighted by atomic mass is 10.2. The lowest BCUT2D eigenvalue weighted by molar-refractivity contribution is 0.629. The molecule has 19 heavy (non-hydrogen) atoms. The van der Waals surface area contributed by atoms with Gasteiger partial charge in [0.05, 0.1) is 10.2 Å². The van der Waals surface area contributed by atoms with E-state index in [2.05, 4.69) is 26.2 Å². The summed E-state index contributed by atoms with van der Waals surface area (Å²) in [5.74, 6) is -0.260. The molecule has 2 nitrogen and oxygen atoms in total. The molecule has 0 saturated heterocycles. The number of rotatable bonds is 2. The smallest absolute Gasteiger partial charge is 0.188 e. The molecule has 1 aromatic heterocycles. The van der Waals surface area contributed by atoms with Gasteiger partial charge in [-0.1, -0.05) is 27.3 Å². The molecule has 0 aliphatic rings. The Kier molecular flexibility index (Phi) is 3.24. The predicted octanol–water partition coefficient (Wildman–Crippen LogP) is 5.25. The van der Waals surface area contributed by atoms with Crippen LogP contribution in [0, 0.1) is 12.7 Å².